The molecule has 0 fully saturated rings. The molecule has 0 radical (unpaired) electrons. The van der Waals surface area contributed by atoms with Crippen LogP contribution in [0.1, 0.15) is 40.7 Å². The smallest absolute Gasteiger partial charge is 0.315 e. The van der Waals surface area contributed by atoms with Crippen LogP contribution in [-0.4, -0.2) is 27.7 Å². The number of carbonyl (C=O) groups excluding carboxylic acids is 1. The molecule has 1 unspecified atom stereocenters. The molecule has 0 saturated heterocycles. The fourth-order valence-electron chi connectivity index (χ4n) is 3.13. The standard InChI is InChI=1S/C18H19NO3S/c1-11-4-6-12(7-5-11)16(20)15-13(23-3)10-14-18(2,17(21)22)8-9-19(14)15/h4-7,10H,8-9H2,1-3H3,(H,21,22). The molecule has 1 N–H and O–H groups in total. The molecule has 4 nitrogen and oxygen atoms in total. The van der Waals surface area contributed by atoms with E-state index in [1.54, 1.807) is 6.92 Å². The van der Waals surface area contributed by atoms with E-state index in [1.165, 1.54) is 11.8 Å². The van der Waals surface area contributed by atoms with Crippen molar-refractivity contribution in [3.8, 4) is 0 Å². The maximum atomic E-state index is 13.0. The van der Waals surface area contributed by atoms with Gasteiger partial charge < -0.3 is 9.67 Å². The van der Waals surface area contributed by atoms with E-state index in [4.69, 9.17) is 0 Å². The van der Waals surface area contributed by atoms with Crippen molar-refractivity contribution in [1.29, 1.82) is 0 Å². The van der Waals surface area contributed by atoms with E-state index in [0.29, 0.717) is 24.2 Å². The Morgan fingerprint density at radius 1 is 1.26 bits per heavy atom. The molecule has 2 heterocycles. The van der Waals surface area contributed by atoms with Gasteiger partial charge in [-0.15, -0.1) is 11.8 Å². The van der Waals surface area contributed by atoms with Crippen molar-refractivity contribution >= 4 is 23.5 Å². The van der Waals surface area contributed by atoms with E-state index in [0.717, 1.165) is 16.2 Å². The number of carboxylic acids is 1. The number of hydrogen-bond donors (Lipinski definition) is 1. The topological polar surface area (TPSA) is 59.3 Å². The predicted molar refractivity (Wildman–Crippen MR) is 90.4 cm³/mol. The van der Waals surface area contributed by atoms with Crippen LogP contribution in [-0.2, 0) is 16.8 Å². The molecular formula is C18H19NO3S. The average Bonchev–Trinajstić information content (AvgIpc) is 3.05. The van der Waals surface area contributed by atoms with Crippen LogP contribution >= 0.6 is 11.8 Å². The largest absolute Gasteiger partial charge is 0.481 e. The Balaban J connectivity index is 2.12. The third-order valence-electron chi connectivity index (χ3n) is 4.68. The first-order valence-electron chi connectivity index (χ1n) is 7.51. The summed E-state index contributed by atoms with van der Waals surface area (Å²) in [7, 11) is 0. The molecule has 0 amide bonds. The number of aryl methyl sites for hydroxylation is 1. The number of thioether (sulfide) groups is 1. The van der Waals surface area contributed by atoms with Crippen molar-refractivity contribution in [1.82, 2.24) is 4.57 Å². The first-order valence-corrected chi connectivity index (χ1v) is 8.73. The van der Waals surface area contributed by atoms with Gasteiger partial charge in [-0.2, -0.15) is 0 Å². The molecular weight excluding hydrogens is 310 g/mol. The summed E-state index contributed by atoms with van der Waals surface area (Å²) in [5, 5.41) is 9.57. The number of carboxylic acid groups (broad SMARTS) is 1. The monoisotopic (exact) mass is 329 g/mol. The van der Waals surface area contributed by atoms with Crippen LogP contribution in [0.25, 0.3) is 0 Å². The number of fused-ring (bicyclic) bond motifs is 1. The van der Waals surface area contributed by atoms with Gasteiger partial charge in [0.25, 0.3) is 0 Å². The van der Waals surface area contributed by atoms with Gasteiger partial charge in [0.05, 0.1) is 0 Å². The summed E-state index contributed by atoms with van der Waals surface area (Å²) in [4.78, 5) is 25.5. The Kier molecular flexibility index (Phi) is 3.84. The number of rotatable bonds is 4. The number of aliphatic carboxylic acids is 1. The minimum atomic E-state index is -0.920. The van der Waals surface area contributed by atoms with Gasteiger partial charge in [-0.05, 0) is 32.6 Å². The fourth-order valence-corrected chi connectivity index (χ4v) is 3.75. The molecule has 0 aliphatic carbocycles. The maximum absolute atomic E-state index is 13.0. The van der Waals surface area contributed by atoms with Crippen molar-refractivity contribution in [3.63, 3.8) is 0 Å². The van der Waals surface area contributed by atoms with E-state index in [2.05, 4.69) is 0 Å². The van der Waals surface area contributed by atoms with Gasteiger partial charge in [0.2, 0.25) is 5.78 Å². The SMILES string of the molecule is CSc1cc2n(c1C(=O)c1ccc(C)cc1)CCC2(C)C(=O)O. The van der Waals surface area contributed by atoms with E-state index < -0.39 is 11.4 Å². The van der Waals surface area contributed by atoms with Crippen molar-refractivity contribution in [2.24, 2.45) is 0 Å². The number of aromatic nitrogens is 1. The Morgan fingerprint density at radius 3 is 2.48 bits per heavy atom. The summed E-state index contributed by atoms with van der Waals surface area (Å²) < 4.78 is 1.89. The van der Waals surface area contributed by atoms with Gasteiger partial charge in [0.15, 0.2) is 0 Å². The Bertz CT molecular complexity index is 791. The van der Waals surface area contributed by atoms with E-state index >= 15 is 0 Å². The van der Waals surface area contributed by atoms with E-state index in [1.807, 2.05) is 48.1 Å². The van der Waals surface area contributed by atoms with E-state index in [-0.39, 0.29) is 5.78 Å². The number of carbonyl (C=O) groups is 2. The highest BCUT2D eigenvalue weighted by Gasteiger charge is 2.44. The van der Waals surface area contributed by atoms with Crippen molar-refractivity contribution in [2.75, 3.05) is 6.26 Å². The average molecular weight is 329 g/mol. The zero-order valence-corrected chi connectivity index (χ0v) is 14.2. The lowest BCUT2D eigenvalue weighted by Gasteiger charge is -2.16. The summed E-state index contributed by atoms with van der Waals surface area (Å²) in [6.45, 7) is 4.28. The summed E-state index contributed by atoms with van der Waals surface area (Å²) in [6.07, 6.45) is 2.43. The van der Waals surface area contributed by atoms with Gasteiger partial charge in [-0.25, -0.2) is 0 Å². The molecule has 3 rings (SSSR count). The Labute approximate surface area is 139 Å². The summed E-state index contributed by atoms with van der Waals surface area (Å²) in [5.41, 5.74) is 2.16. The fraction of sp³-hybridized carbons (Fsp3) is 0.333. The number of ketones is 1. The molecule has 1 aromatic heterocycles. The van der Waals surface area contributed by atoms with Crippen LogP contribution in [0.3, 0.4) is 0 Å². The van der Waals surface area contributed by atoms with Crippen LogP contribution in [0.15, 0.2) is 35.2 Å². The maximum Gasteiger partial charge on any atom is 0.315 e. The van der Waals surface area contributed by atoms with Crippen LogP contribution in [0, 0.1) is 6.92 Å². The highest BCUT2D eigenvalue weighted by molar-refractivity contribution is 7.98. The second-order valence-corrected chi connectivity index (χ2v) is 7.03. The van der Waals surface area contributed by atoms with Crippen molar-refractivity contribution < 1.29 is 14.7 Å². The molecule has 5 heteroatoms. The number of nitrogens with zero attached hydrogens (tertiary/aromatic N) is 1. The third kappa shape index (κ3) is 2.39. The van der Waals surface area contributed by atoms with E-state index in [9.17, 15) is 14.7 Å². The van der Waals surface area contributed by atoms with Crippen LogP contribution in [0.4, 0.5) is 0 Å². The van der Waals surface area contributed by atoms with Crippen LogP contribution < -0.4 is 0 Å². The minimum absolute atomic E-state index is 0.0461. The zero-order chi connectivity index (χ0) is 16.8. The molecule has 23 heavy (non-hydrogen) atoms. The quantitative estimate of drug-likeness (QED) is 0.689. The van der Waals surface area contributed by atoms with Gasteiger partial charge in [-0.1, -0.05) is 29.8 Å². The lowest BCUT2D eigenvalue weighted by Crippen LogP contribution is -2.29. The van der Waals surface area contributed by atoms with Gasteiger partial charge in [0, 0.05) is 22.7 Å². The minimum Gasteiger partial charge on any atom is -0.481 e. The molecule has 120 valence electrons. The molecule has 1 atom stereocenters. The lowest BCUT2D eigenvalue weighted by atomic mass is 9.86. The first kappa shape index (κ1) is 15.9. The van der Waals surface area contributed by atoms with Gasteiger partial charge in [-0.3, -0.25) is 9.59 Å². The summed E-state index contributed by atoms with van der Waals surface area (Å²) in [5.74, 6) is -0.883. The highest BCUT2D eigenvalue weighted by Crippen LogP contribution is 2.41. The summed E-state index contributed by atoms with van der Waals surface area (Å²) >= 11 is 1.48. The molecule has 2 aromatic rings. The number of benzene rings is 1. The number of hydrogen-bond acceptors (Lipinski definition) is 3. The Morgan fingerprint density at radius 2 is 1.91 bits per heavy atom. The molecule has 0 saturated carbocycles. The zero-order valence-electron chi connectivity index (χ0n) is 13.4. The first-order chi connectivity index (χ1) is 10.9. The van der Waals surface area contributed by atoms with Crippen LogP contribution in [0.5, 0.6) is 0 Å². The van der Waals surface area contributed by atoms with Gasteiger partial charge in [0.1, 0.15) is 11.1 Å². The molecule has 0 spiro atoms. The van der Waals surface area contributed by atoms with Gasteiger partial charge >= 0.3 is 5.97 Å². The molecule has 1 aromatic carbocycles. The normalized spacial score (nSPS) is 19.6. The highest BCUT2D eigenvalue weighted by atomic mass is 32.2. The third-order valence-corrected chi connectivity index (χ3v) is 5.43. The Hall–Kier alpha value is -2.01. The second-order valence-electron chi connectivity index (χ2n) is 6.18. The van der Waals surface area contributed by atoms with Crippen LogP contribution in [0.2, 0.25) is 0 Å². The van der Waals surface area contributed by atoms with Crippen molar-refractivity contribution in [3.05, 3.63) is 52.8 Å². The second kappa shape index (κ2) is 5.57. The molecule has 1 aliphatic heterocycles. The molecule has 0 bridgehead atoms. The van der Waals surface area contributed by atoms with Crippen molar-refractivity contribution in [2.45, 2.75) is 37.1 Å². The lowest BCUT2D eigenvalue weighted by molar-refractivity contribution is -0.143. The predicted octanol–water partition coefficient (Wildman–Crippen LogP) is 3.50. The summed E-state index contributed by atoms with van der Waals surface area (Å²) in [6, 6.07) is 9.36. The molecule has 1 aliphatic rings.